The number of fused-ring (bicyclic) bond motifs is 4. The van der Waals surface area contributed by atoms with Crippen LogP contribution in [0.4, 0.5) is 10.1 Å². The molecular formula is C28H25ClFN9O2. The summed E-state index contributed by atoms with van der Waals surface area (Å²) in [7, 11) is 1.80. The molecule has 41 heavy (non-hydrogen) atoms. The fourth-order valence-corrected chi connectivity index (χ4v) is 5.33. The molecule has 1 aliphatic rings. The summed E-state index contributed by atoms with van der Waals surface area (Å²) in [4.78, 5) is 35.6. The minimum Gasteiger partial charge on any atom is -0.323 e. The lowest BCUT2D eigenvalue weighted by Crippen LogP contribution is -2.27. The number of aryl methyl sites for hydroxylation is 1. The summed E-state index contributed by atoms with van der Waals surface area (Å²) in [5.41, 5.74) is 2.87. The largest absolute Gasteiger partial charge is 0.323 e. The van der Waals surface area contributed by atoms with Gasteiger partial charge in [0.25, 0.3) is 5.56 Å². The normalized spacial score (nSPS) is 17.3. The van der Waals surface area contributed by atoms with Crippen LogP contribution in [0.1, 0.15) is 37.9 Å². The van der Waals surface area contributed by atoms with Crippen molar-refractivity contribution in [3.63, 3.8) is 0 Å². The van der Waals surface area contributed by atoms with Crippen LogP contribution in [-0.4, -0.2) is 45.2 Å². The van der Waals surface area contributed by atoms with Crippen molar-refractivity contribution in [1.29, 1.82) is 0 Å². The van der Waals surface area contributed by atoms with Gasteiger partial charge in [0.2, 0.25) is 5.91 Å². The summed E-state index contributed by atoms with van der Waals surface area (Å²) in [6.07, 6.45) is 9.51. The van der Waals surface area contributed by atoms with E-state index < -0.39 is 17.4 Å². The number of amides is 1. The first-order valence-electron chi connectivity index (χ1n) is 13.0. The molecule has 208 valence electrons. The minimum atomic E-state index is -0.719. The zero-order valence-electron chi connectivity index (χ0n) is 22.2. The van der Waals surface area contributed by atoms with E-state index >= 15 is 4.39 Å². The lowest BCUT2D eigenvalue weighted by Gasteiger charge is -2.22. The Morgan fingerprint density at radius 3 is 2.73 bits per heavy atom. The van der Waals surface area contributed by atoms with E-state index in [9.17, 15) is 9.59 Å². The van der Waals surface area contributed by atoms with Gasteiger partial charge in [-0.15, -0.1) is 5.10 Å². The van der Waals surface area contributed by atoms with Crippen molar-refractivity contribution in [2.75, 3.05) is 5.32 Å². The number of pyridine rings is 1. The van der Waals surface area contributed by atoms with Crippen LogP contribution in [-0.2, 0) is 11.8 Å². The van der Waals surface area contributed by atoms with Crippen LogP contribution in [0.25, 0.3) is 28.2 Å². The molecule has 0 radical (unpaired) electrons. The fraction of sp³-hybridized carbons (Fsp3) is 0.250. The molecule has 11 nitrogen and oxygen atoms in total. The standard InChI is InChI=1S/C28H25ClFN9O2/c1-16-4-3-5-22(19-12-17(8-9-31-19)27-21(35-28(16)41)14-34-37(27)2)38-15-32-20(13-24(38)40)25-23(39-11-10-33-36-39)7-6-18(29)26(25)30/h6-16,22H,3-5H2,1-2H3,(H,35,41)/t16-,22+/m1/s1. The van der Waals surface area contributed by atoms with E-state index in [4.69, 9.17) is 11.6 Å². The summed E-state index contributed by atoms with van der Waals surface area (Å²) >= 11 is 6.10. The second-order valence-electron chi connectivity index (χ2n) is 9.96. The Labute approximate surface area is 238 Å². The first-order chi connectivity index (χ1) is 19.8. The average molecular weight is 574 g/mol. The van der Waals surface area contributed by atoms with Gasteiger partial charge in [0, 0.05) is 30.8 Å². The lowest BCUT2D eigenvalue weighted by atomic mass is 9.97. The Kier molecular flexibility index (Phi) is 6.91. The Bertz CT molecular complexity index is 1820. The zero-order chi connectivity index (χ0) is 28.7. The van der Waals surface area contributed by atoms with Gasteiger partial charge in [-0.2, -0.15) is 5.10 Å². The number of carbonyl (C=O) groups is 1. The summed E-state index contributed by atoms with van der Waals surface area (Å²) < 4.78 is 19.9. The maximum Gasteiger partial charge on any atom is 0.254 e. The summed E-state index contributed by atoms with van der Waals surface area (Å²) in [6, 6.07) is 7.54. The number of benzene rings is 1. The predicted octanol–water partition coefficient (Wildman–Crippen LogP) is 4.43. The van der Waals surface area contributed by atoms with Crippen LogP contribution in [0.3, 0.4) is 0 Å². The average Bonchev–Trinajstić information content (AvgIpc) is 3.62. The molecule has 2 atom stereocenters. The van der Waals surface area contributed by atoms with Crippen molar-refractivity contribution < 1.29 is 9.18 Å². The van der Waals surface area contributed by atoms with E-state index in [1.54, 1.807) is 36.4 Å². The van der Waals surface area contributed by atoms with E-state index in [1.165, 1.54) is 33.9 Å². The third kappa shape index (κ3) is 4.91. The van der Waals surface area contributed by atoms with Gasteiger partial charge < -0.3 is 5.32 Å². The number of carbonyl (C=O) groups excluding carboxylic acids is 1. The van der Waals surface area contributed by atoms with Gasteiger partial charge in [0.05, 0.1) is 70.0 Å². The van der Waals surface area contributed by atoms with Crippen molar-refractivity contribution in [1.82, 2.24) is 39.3 Å². The highest BCUT2D eigenvalue weighted by Gasteiger charge is 2.25. The third-order valence-electron chi connectivity index (χ3n) is 7.32. The molecule has 0 spiro atoms. The molecule has 1 amide bonds. The molecule has 0 fully saturated rings. The fourth-order valence-electron chi connectivity index (χ4n) is 5.18. The van der Waals surface area contributed by atoms with Gasteiger partial charge in [-0.05, 0) is 37.1 Å². The maximum absolute atomic E-state index is 15.3. The highest BCUT2D eigenvalue weighted by atomic mass is 35.5. The molecule has 0 saturated heterocycles. The van der Waals surface area contributed by atoms with Crippen molar-refractivity contribution in [2.45, 2.75) is 32.2 Å². The molecule has 1 aromatic carbocycles. The van der Waals surface area contributed by atoms with E-state index in [1.807, 2.05) is 19.1 Å². The third-order valence-corrected chi connectivity index (χ3v) is 7.62. The minimum absolute atomic E-state index is 0.0367. The van der Waals surface area contributed by atoms with Crippen LogP contribution in [0.2, 0.25) is 5.02 Å². The van der Waals surface area contributed by atoms with E-state index in [2.05, 4.69) is 30.7 Å². The molecule has 13 heteroatoms. The first-order valence-corrected chi connectivity index (χ1v) is 13.4. The second kappa shape index (κ2) is 10.7. The quantitative estimate of drug-likeness (QED) is 0.338. The Hall–Kier alpha value is -4.71. The van der Waals surface area contributed by atoms with Crippen LogP contribution in [0, 0.1) is 11.7 Å². The van der Waals surface area contributed by atoms with Crippen LogP contribution in [0.15, 0.2) is 66.2 Å². The first kappa shape index (κ1) is 26.5. The van der Waals surface area contributed by atoms with Crippen LogP contribution >= 0.6 is 11.6 Å². The summed E-state index contributed by atoms with van der Waals surface area (Å²) in [5, 5.41) is 15.0. The van der Waals surface area contributed by atoms with E-state index in [0.717, 1.165) is 11.3 Å². The van der Waals surface area contributed by atoms with Crippen molar-refractivity contribution in [3.8, 4) is 28.2 Å². The van der Waals surface area contributed by atoms with Crippen molar-refractivity contribution in [2.24, 2.45) is 13.0 Å². The zero-order valence-corrected chi connectivity index (χ0v) is 23.0. The molecular weight excluding hydrogens is 549 g/mol. The topological polar surface area (TPSA) is 125 Å². The predicted molar refractivity (Wildman–Crippen MR) is 150 cm³/mol. The number of anilines is 1. The number of nitrogens with one attached hydrogen (secondary N) is 1. The van der Waals surface area contributed by atoms with Crippen LogP contribution in [0.5, 0.6) is 0 Å². The summed E-state index contributed by atoms with van der Waals surface area (Å²) in [5.74, 6) is -1.07. The highest BCUT2D eigenvalue weighted by molar-refractivity contribution is 6.31. The van der Waals surface area contributed by atoms with E-state index in [-0.39, 0.29) is 28.1 Å². The van der Waals surface area contributed by atoms with Gasteiger partial charge in [-0.3, -0.25) is 23.8 Å². The summed E-state index contributed by atoms with van der Waals surface area (Å²) in [6.45, 7) is 1.87. The number of nitrogens with zero attached hydrogens (tertiary/aromatic N) is 8. The molecule has 4 aromatic heterocycles. The molecule has 0 saturated carbocycles. The monoisotopic (exact) mass is 573 g/mol. The Balaban J connectivity index is 1.46. The van der Waals surface area contributed by atoms with Gasteiger partial charge in [0.1, 0.15) is 0 Å². The molecule has 6 rings (SSSR count). The van der Waals surface area contributed by atoms with Crippen LogP contribution < -0.4 is 10.9 Å². The Morgan fingerprint density at radius 1 is 1.10 bits per heavy atom. The number of rotatable bonds is 3. The number of aromatic nitrogens is 8. The smallest absolute Gasteiger partial charge is 0.254 e. The van der Waals surface area contributed by atoms with E-state index in [0.29, 0.717) is 36.3 Å². The lowest BCUT2D eigenvalue weighted by molar-refractivity contribution is -0.119. The molecule has 0 aliphatic carbocycles. The SMILES string of the molecule is C[C@@H]1CCC[C@H](n2cnc(-c3c(-n4ccnn4)ccc(Cl)c3F)cc2=O)c2cc(ccn2)-c2c(cnn2C)NC1=O. The number of hydrogen-bond acceptors (Lipinski definition) is 7. The second-order valence-corrected chi connectivity index (χ2v) is 10.4. The van der Waals surface area contributed by atoms with Gasteiger partial charge >= 0.3 is 0 Å². The molecule has 5 heterocycles. The van der Waals surface area contributed by atoms with Gasteiger partial charge in [0.15, 0.2) is 5.82 Å². The van der Waals surface area contributed by atoms with Gasteiger partial charge in [-0.1, -0.05) is 30.2 Å². The molecule has 1 N–H and O–H groups in total. The maximum atomic E-state index is 15.3. The van der Waals surface area contributed by atoms with Crippen molar-refractivity contribution >= 4 is 23.2 Å². The van der Waals surface area contributed by atoms with Gasteiger partial charge in [-0.25, -0.2) is 14.1 Å². The Morgan fingerprint density at radius 2 is 1.95 bits per heavy atom. The molecule has 0 unspecified atom stereocenters. The highest BCUT2D eigenvalue weighted by Crippen LogP contribution is 2.34. The number of halogens is 2. The number of hydrogen-bond donors (Lipinski definition) is 1. The molecule has 5 aromatic rings. The molecule has 2 bridgehead atoms. The molecule has 1 aliphatic heterocycles. The van der Waals surface area contributed by atoms with Crippen molar-refractivity contribution in [3.05, 3.63) is 88.3 Å².